The average molecular weight is 250 g/mol. The van der Waals surface area contributed by atoms with Gasteiger partial charge in [0.05, 0.1) is 0 Å². The van der Waals surface area contributed by atoms with Crippen LogP contribution in [0.5, 0.6) is 0 Å². The maximum absolute atomic E-state index is 8.41. The van der Waals surface area contributed by atoms with Gasteiger partial charge in [0, 0.05) is 37.4 Å². The van der Waals surface area contributed by atoms with Gasteiger partial charge in [0.2, 0.25) is 0 Å². The molecular weight excluding hydrogens is 228 g/mol. The Morgan fingerprint density at radius 3 is 2.39 bits per heavy atom. The third-order valence-electron chi connectivity index (χ3n) is 2.83. The summed E-state index contributed by atoms with van der Waals surface area (Å²) >= 11 is 0. The summed E-state index contributed by atoms with van der Waals surface area (Å²) in [4.78, 5) is 2.29. The number of nitrogens with two attached hydrogens (primary N) is 1. The molecule has 4 N–H and O–H groups in total. The fourth-order valence-electron chi connectivity index (χ4n) is 1.76. The molecule has 0 aliphatic carbocycles. The molecule has 0 bridgehead atoms. The Hall–Kier alpha value is -1.91. The van der Waals surface area contributed by atoms with Crippen molar-refractivity contribution in [3.63, 3.8) is 0 Å². The first kappa shape index (κ1) is 14.2. The second-order valence-electron chi connectivity index (χ2n) is 3.99. The van der Waals surface area contributed by atoms with Crippen LogP contribution in [0.25, 0.3) is 0 Å². The number of anilines is 2. The standard InChI is InChI=1S/C13H22N4O/c1-3-17(4-2)12-7-5-11(6-8-12)15-10-9-13(14)16-18/h5-8,15,18H,3-4,9-10H2,1-2H3,(H2,14,16). The van der Waals surface area contributed by atoms with Gasteiger partial charge in [0.1, 0.15) is 5.84 Å². The van der Waals surface area contributed by atoms with E-state index in [1.165, 1.54) is 5.69 Å². The molecule has 0 spiro atoms. The molecule has 0 amide bonds. The van der Waals surface area contributed by atoms with Crippen LogP contribution < -0.4 is 16.0 Å². The molecule has 0 saturated carbocycles. The number of oxime groups is 1. The van der Waals surface area contributed by atoms with Crippen LogP contribution in [0.4, 0.5) is 11.4 Å². The molecule has 100 valence electrons. The first-order valence-electron chi connectivity index (χ1n) is 6.26. The molecule has 1 aromatic rings. The Morgan fingerprint density at radius 1 is 1.28 bits per heavy atom. The van der Waals surface area contributed by atoms with Crippen molar-refractivity contribution in [2.75, 3.05) is 29.9 Å². The van der Waals surface area contributed by atoms with Crippen molar-refractivity contribution in [2.24, 2.45) is 10.9 Å². The van der Waals surface area contributed by atoms with Gasteiger partial charge in [0.15, 0.2) is 0 Å². The van der Waals surface area contributed by atoms with Gasteiger partial charge in [0.25, 0.3) is 0 Å². The summed E-state index contributed by atoms with van der Waals surface area (Å²) in [5, 5.41) is 14.6. The molecule has 5 heteroatoms. The van der Waals surface area contributed by atoms with Crippen LogP contribution in [-0.2, 0) is 0 Å². The van der Waals surface area contributed by atoms with Crippen LogP contribution in [-0.4, -0.2) is 30.7 Å². The molecular formula is C13H22N4O. The van der Waals surface area contributed by atoms with Crippen molar-refractivity contribution in [1.82, 2.24) is 0 Å². The highest BCUT2D eigenvalue weighted by Gasteiger charge is 2.01. The van der Waals surface area contributed by atoms with Gasteiger partial charge in [-0.25, -0.2) is 0 Å². The number of hydrogen-bond donors (Lipinski definition) is 3. The maximum Gasteiger partial charge on any atom is 0.140 e. The number of amidine groups is 1. The number of nitrogens with zero attached hydrogens (tertiary/aromatic N) is 2. The average Bonchev–Trinajstić information content (AvgIpc) is 2.41. The van der Waals surface area contributed by atoms with Crippen molar-refractivity contribution >= 4 is 17.2 Å². The molecule has 0 radical (unpaired) electrons. The Bertz CT molecular complexity index is 371. The fourth-order valence-corrected chi connectivity index (χ4v) is 1.76. The second kappa shape index (κ2) is 7.42. The molecule has 1 aromatic carbocycles. The van der Waals surface area contributed by atoms with Gasteiger partial charge in [-0.15, -0.1) is 0 Å². The van der Waals surface area contributed by atoms with Gasteiger partial charge >= 0.3 is 0 Å². The number of rotatable bonds is 7. The first-order valence-corrected chi connectivity index (χ1v) is 6.26. The topological polar surface area (TPSA) is 73.9 Å². The van der Waals surface area contributed by atoms with Gasteiger partial charge < -0.3 is 21.2 Å². The number of nitrogens with one attached hydrogen (secondary N) is 1. The molecule has 0 saturated heterocycles. The normalized spacial score (nSPS) is 11.3. The van der Waals surface area contributed by atoms with Gasteiger partial charge in [-0.1, -0.05) is 5.16 Å². The molecule has 0 aliphatic rings. The Balaban J connectivity index is 2.50. The molecule has 5 nitrogen and oxygen atoms in total. The summed E-state index contributed by atoms with van der Waals surface area (Å²) < 4.78 is 0. The Kier molecular flexibility index (Phi) is 5.84. The summed E-state index contributed by atoms with van der Waals surface area (Å²) in [6.07, 6.45) is 0.522. The summed E-state index contributed by atoms with van der Waals surface area (Å²) in [6, 6.07) is 8.28. The molecule has 1 rings (SSSR count). The largest absolute Gasteiger partial charge is 0.409 e. The molecule has 0 heterocycles. The molecule has 0 fully saturated rings. The highest BCUT2D eigenvalue weighted by atomic mass is 16.4. The van der Waals surface area contributed by atoms with Crippen molar-refractivity contribution in [3.05, 3.63) is 24.3 Å². The predicted molar refractivity (Wildman–Crippen MR) is 76.5 cm³/mol. The Labute approximate surface area is 108 Å². The summed E-state index contributed by atoms with van der Waals surface area (Å²) in [5.74, 6) is 0.238. The second-order valence-corrected chi connectivity index (χ2v) is 3.99. The van der Waals surface area contributed by atoms with Crippen LogP contribution in [0, 0.1) is 0 Å². The summed E-state index contributed by atoms with van der Waals surface area (Å²) in [7, 11) is 0. The van der Waals surface area contributed by atoms with E-state index >= 15 is 0 Å². The number of benzene rings is 1. The lowest BCUT2D eigenvalue weighted by atomic mass is 10.2. The molecule has 0 unspecified atom stereocenters. The SMILES string of the molecule is CCN(CC)c1ccc(NCCC(N)=NO)cc1. The van der Waals surface area contributed by atoms with E-state index < -0.39 is 0 Å². The minimum Gasteiger partial charge on any atom is -0.409 e. The summed E-state index contributed by atoms with van der Waals surface area (Å²) in [6.45, 7) is 6.96. The predicted octanol–water partition coefficient (Wildman–Crippen LogP) is 2.08. The minimum absolute atomic E-state index is 0.238. The monoisotopic (exact) mass is 250 g/mol. The number of hydrogen-bond acceptors (Lipinski definition) is 4. The third kappa shape index (κ3) is 4.16. The zero-order chi connectivity index (χ0) is 13.4. The molecule has 18 heavy (non-hydrogen) atoms. The van der Waals surface area contributed by atoms with E-state index in [0.29, 0.717) is 13.0 Å². The zero-order valence-corrected chi connectivity index (χ0v) is 11.1. The molecule has 0 aliphatic heterocycles. The lowest BCUT2D eigenvalue weighted by Gasteiger charge is -2.21. The Morgan fingerprint density at radius 2 is 1.89 bits per heavy atom. The van der Waals surface area contributed by atoms with Crippen LogP contribution >= 0.6 is 0 Å². The van der Waals surface area contributed by atoms with Crippen molar-refractivity contribution < 1.29 is 5.21 Å². The van der Waals surface area contributed by atoms with Gasteiger partial charge in [-0.2, -0.15) is 0 Å². The highest BCUT2D eigenvalue weighted by molar-refractivity contribution is 5.80. The first-order chi connectivity index (χ1) is 8.71. The van der Waals surface area contributed by atoms with E-state index in [1.807, 2.05) is 12.1 Å². The van der Waals surface area contributed by atoms with Crippen LogP contribution in [0.15, 0.2) is 29.4 Å². The zero-order valence-electron chi connectivity index (χ0n) is 11.1. The van der Waals surface area contributed by atoms with Crippen LogP contribution in [0.1, 0.15) is 20.3 Å². The van der Waals surface area contributed by atoms with E-state index in [1.54, 1.807) is 0 Å². The lowest BCUT2D eigenvalue weighted by molar-refractivity contribution is 0.317. The quantitative estimate of drug-likeness (QED) is 0.300. The van der Waals surface area contributed by atoms with Crippen molar-refractivity contribution in [2.45, 2.75) is 20.3 Å². The van der Waals surface area contributed by atoms with Gasteiger partial charge in [-0.05, 0) is 38.1 Å². The van der Waals surface area contributed by atoms with Crippen LogP contribution in [0.3, 0.4) is 0 Å². The maximum atomic E-state index is 8.41. The molecule has 0 atom stereocenters. The van der Waals surface area contributed by atoms with E-state index in [2.05, 4.69) is 41.4 Å². The van der Waals surface area contributed by atoms with E-state index in [9.17, 15) is 0 Å². The van der Waals surface area contributed by atoms with E-state index in [4.69, 9.17) is 10.9 Å². The van der Waals surface area contributed by atoms with E-state index in [0.717, 1.165) is 18.8 Å². The van der Waals surface area contributed by atoms with Crippen molar-refractivity contribution in [1.29, 1.82) is 0 Å². The smallest absolute Gasteiger partial charge is 0.140 e. The lowest BCUT2D eigenvalue weighted by Crippen LogP contribution is -2.21. The van der Waals surface area contributed by atoms with E-state index in [-0.39, 0.29) is 5.84 Å². The van der Waals surface area contributed by atoms with Crippen LogP contribution in [0.2, 0.25) is 0 Å². The summed E-state index contributed by atoms with van der Waals surface area (Å²) in [5.41, 5.74) is 7.65. The minimum atomic E-state index is 0.238. The van der Waals surface area contributed by atoms with Gasteiger partial charge in [-0.3, -0.25) is 0 Å². The van der Waals surface area contributed by atoms with Crippen molar-refractivity contribution in [3.8, 4) is 0 Å². The fraction of sp³-hybridized carbons (Fsp3) is 0.462. The highest BCUT2D eigenvalue weighted by Crippen LogP contribution is 2.17. The third-order valence-corrected chi connectivity index (χ3v) is 2.83. The molecule has 0 aromatic heterocycles.